The molecule has 3 N–H and O–H groups in total. The molecule has 1 aromatic rings. The highest BCUT2D eigenvalue weighted by atomic mass is 19.1. The van der Waals surface area contributed by atoms with Crippen molar-refractivity contribution in [3.8, 4) is 0 Å². The molecule has 5 nitrogen and oxygen atoms in total. The molecular weight excluding hydrogens is 239 g/mol. The molecule has 0 aliphatic rings. The van der Waals surface area contributed by atoms with E-state index in [1.54, 1.807) is 7.11 Å². The van der Waals surface area contributed by atoms with E-state index in [9.17, 15) is 9.18 Å². The van der Waals surface area contributed by atoms with Gasteiger partial charge in [-0.3, -0.25) is 4.79 Å². The van der Waals surface area contributed by atoms with Gasteiger partial charge in [0.05, 0.1) is 5.69 Å². The topological polar surface area (TPSA) is 73.6 Å². The lowest BCUT2D eigenvalue weighted by molar-refractivity contribution is -0.120. The standard InChI is InChI=1S/C12H17FN2O3/c1-17-5-2-6-18-8-12(16)15-11-7-9(14)3-4-10(11)13/h3-4,7H,2,5-6,8,14H2,1H3,(H,15,16). The van der Waals surface area contributed by atoms with Crippen LogP contribution in [-0.4, -0.2) is 32.8 Å². The number of ether oxygens (including phenoxy) is 2. The largest absolute Gasteiger partial charge is 0.399 e. The first-order valence-corrected chi connectivity index (χ1v) is 5.55. The highest BCUT2D eigenvalue weighted by Gasteiger charge is 2.07. The van der Waals surface area contributed by atoms with Gasteiger partial charge in [0.15, 0.2) is 0 Å². The number of amides is 1. The summed E-state index contributed by atoms with van der Waals surface area (Å²) in [6.45, 7) is 0.865. The Morgan fingerprint density at radius 1 is 1.44 bits per heavy atom. The number of halogens is 1. The molecule has 0 atom stereocenters. The molecule has 0 saturated heterocycles. The summed E-state index contributed by atoms with van der Waals surface area (Å²) in [6.07, 6.45) is 0.705. The molecule has 0 bridgehead atoms. The monoisotopic (exact) mass is 256 g/mol. The second-order valence-corrected chi connectivity index (χ2v) is 3.69. The Morgan fingerprint density at radius 3 is 2.94 bits per heavy atom. The molecule has 1 amide bonds. The molecule has 0 radical (unpaired) electrons. The van der Waals surface area contributed by atoms with E-state index < -0.39 is 11.7 Å². The molecule has 0 aliphatic heterocycles. The molecule has 0 spiro atoms. The molecule has 6 heteroatoms. The second kappa shape index (κ2) is 7.62. The second-order valence-electron chi connectivity index (χ2n) is 3.69. The van der Waals surface area contributed by atoms with E-state index in [4.69, 9.17) is 15.2 Å². The lowest BCUT2D eigenvalue weighted by Crippen LogP contribution is -2.19. The highest BCUT2D eigenvalue weighted by molar-refractivity contribution is 5.92. The first kappa shape index (κ1) is 14.4. The minimum atomic E-state index is -0.531. The molecule has 0 aromatic heterocycles. The molecule has 0 fully saturated rings. The summed E-state index contributed by atoms with van der Waals surface area (Å²) < 4.78 is 23.2. The summed E-state index contributed by atoms with van der Waals surface area (Å²) in [5.74, 6) is -0.950. The van der Waals surface area contributed by atoms with E-state index in [2.05, 4.69) is 5.32 Å². The zero-order valence-electron chi connectivity index (χ0n) is 10.2. The number of anilines is 2. The summed E-state index contributed by atoms with van der Waals surface area (Å²) in [5.41, 5.74) is 5.93. The average molecular weight is 256 g/mol. The third kappa shape index (κ3) is 5.11. The molecular formula is C12H17FN2O3. The van der Waals surface area contributed by atoms with Crippen LogP contribution in [0, 0.1) is 5.82 Å². The summed E-state index contributed by atoms with van der Waals surface area (Å²) in [4.78, 5) is 11.4. The van der Waals surface area contributed by atoms with Gasteiger partial charge in [-0.15, -0.1) is 0 Å². The number of carbonyl (C=O) groups excluding carboxylic acids is 1. The lowest BCUT2D eigenvalue weighted by atomic mass is 10.2. The maximum absolute atomic E-state index is 13.3. The van der Waals surface area contributed by atoms with Crippen LogP contribution in [0.5, 0.6) is 0 Å². The summed E-state index contributed by atoms with van der Waals surface area (Å²) in [5, 5.41) is 2.39. The predicted octanol–water partition coefficient (Wildman–Crippen LogP) is 1.40. The van der Waals surface area contributed by atoms with Crippen LogP contribution in [0.15, 0.2) is 18.2 Å². The maximum Gasteiger partial charge on any atom is 0.250 e. The van der Waals surface area contributed by atoms with E-state index in [1.807, 2.05) is 0 Å². The van der Waals surface area contributed by atoms with Crippen molar-refractivity contribution in [2.45, 2.75) is 6.42 Å². The number of carbonyl (C=O) groups is 1. The Bertz CT molecular complexity index is 399. The van der Waals surface area contributed by atoms with Crippen molar-refractivity contribution >= 4 is 17.3 Å². The van der Waals surface area contributed by atoms with Gasteiger partial charge in [-0.1, -0.05) is 0 Å². The van der Waals surface area contributed by atoms with Crippen LogP contribution in [0.1, 0.15) is 6.42 Å². The molecule has 100 valence electrons. The number of nitrogens with two attached hydrogens (primary N) is 1. The molecule has 0 aliphatic carbocycles. The third-order valence-corrected chi connectivity index (χ3v) is 2.13. The molecule has 0 unspecified atom stereocenters. The van der Waals surface area contributed by atoms with Gasteiger partial charge in [-0.2, -0.15) is 0 Å². The van der Waals surface area contributed by atoms with Crippen LogP contribution in [0.2, 0.25) is 0 Å². The Morgan fingerprint density at radius 2 is 2.22 bits per heavy atom. The number of nitrogen functional groups attached to an aromatic ring is 1. The van der Waals surface area contributed by atoms with E-state index in [-0.39, 0.29) is 12.3 Å². The normalized spacial score (nSPS) is 10.3. The van der Waals surface area contributed by atoms with Crippen molar-refractivity contribution in [1.29, 1.82) is 0 Å². The number of rotatable bonds is 7. The van der Waals surface area contributed by atoms with Crippen molar-refractivity contribution in [2.24, 2.45) is 0 Å². The number of nitrogens with one attached hydrogen (secondary N) is 1. The van der Waals surface area contributed by atoms with Gasteiger partial charge in [0.1, 0.15) is 12.4 Å². The molecule has 0 heterocycles. The van der Waals surface area contributed by atoms with Crippen molar-refractivity contribution in [1.82, 2.24) is 0 Å². The number of hydrogen-bond donors (Lipinski definition) is 2. The zero-order chi connectivity index (χ0) is 13.4. The number of methoxy groups -OCH3 is 1. The van der Waals surface area contributed by atoms with Gasteiger partial charge in [-0.25, -0.2) is 4.39 Å². The van der Waals surface area contributed by atoms with E-state index >= 15 is 0 Å². The minimum Gasteiger partial charge on any atom is -0.399 e. The number of benzene rings is 1. The summed E-state index contributed by atoms with van der Waals surface area (Å²) in [6, 6.07) is 3.98. The Labute approximate surface area is 105 Å². The molecule has 0 saturated carbocycles. The van der Waals surface area contributed by atoms with Gasteiger partial charge >= 0.3 is 0 Å². The SMILES string of the molecule is COCCCOCC(=O)Nc1cc(N)ccc1F. The van der Waals surface area contributed by atoms with Crippen LogP contribution < -0.4 is 11.1 Å². The van der Waals surface area contributed by atoms with Crippen LogP contribution in [0.25, 0.3) is 0 Å². The minimum absolute atomic E-state index is 0.0560. The fourth-order valence-corrected chi connectivity index (χ4v) is 1.30. The molecule has 18 heavy (non-hydrogen) atoms. The van der Waals surface area contributed by atoms with Gasteiger partial charge in [0, 0.05) is 26.0 Å². The van der Waals surface area contributed by atoms with E-state index in [0.29, 0.717) is 25.3 Å². The predicted molar refractivity (Wildman–Crippen MR) is 66.8 cm³/mol. The van der Waals surface area contributed by atoms with Crippen LogP contribution in [-0.2, 0) is 14.3 Å². The zero-order valence-corrected chi connectivity index (χ0v) is 10.2. The fraction of sp³-hybridized carbons (Fsp3) is 0.417. The first-order chi connectivity index (χ1) is 8.63. The van der Waals surface area contributed by atoms with Crippen molar-refractivity contribution in [3.63, 3.8) is 0 Å². The van der Waals surface area contributed by atoms with E-state index in [1.165, 1.54) is 18.2 Å². The van der Waals surface area contributed by atoms with Crippen molar-refractivity contribution in [3.05, 3.63) is 24.0 Å². The number of hydrogen-bond acceptors (Lipinski definition) is 4. The van der Waals surface area contributed by atoms with Crippen LogP contribution >= 0.6 is 0 Å². The first-order valence-electron chi connectivity index (χ1n) is 5.55. The lowest BCUT2D eigenvalue weighted by Gasteiger charge is -2.07. The molecule has 1 aromatic carbocycles. The smallest absolute Gasteiger partial charge is 0.250 e. The van der Waals surface area contributed by atoms with Gasteiger partial charge in [0.25, 0.3) is 0 Å². The van der Waals surface area contributed by atoms with Crippen molar-refractivity contribution < 1.29 is 18.7 Å². The Hall–Kier alpha value is -1.66. The van der Waals surface area contributed by atoms with Gasteiger partial charge in [0.2, 0.25) is 5.91 Å². The van der Waals surface area contributed by atoms with Crippen LogP contribution in [0.4, 0.5) is 15.8 Å². The quantitative estimate of drug-likeness (QED) is 0.571. The maximum atomic E-state index is 13.3. The third-order valence-electron chi connectivity index (χ3n) is 2.13. The fourth-order valence-electron chi connectivity index (χ4n) is 1.30. The summed E-state index contributed by atoms with van der Waals surface area (Å²) >= 11 is 0. The Kier molecular flexibility index (Phi) is 6.10. The van der Waals surface area contributed by atoms with Crippen molar-refractivity contribution in [2.75, 3.05) is 38.0 Å². The highest BCUT2D eigenvalue weighted by Crippen LogP contribution is 2.17. The van der Waals surface area contributed by atoms with Gasteiger partial charge in [-0.05, 0) is 24.6 Å². The molecule has 1 rings (SSSR count). The van der Waals surface area contributed by atoms with Crippen LogP contribution in [0.3, 0.4) is 0 Å². The Balaban J connectivity index is 2.33. The average Bonchev–Trinajstić information content (AvgIpc) is 2.33. The van der Waals surface area contributed by atoms with Gasteiger partial charge < -0.3 is 20.5 Å². The summed E-state index contributed by atoms with van der Waals surface area (Å²) in [7, 11) is 1.59. The van der Waals surface area contributed by atoms with E-state index in [0.717, 1.165) is 0 Å².